The van der Waals surface area contributed by atoms with Gasteiger partial charge in [-0.05, 0) is 24.0 Å². The van der Waals surface area contributed by atoms with E-state index in [2.05, 4.69) is 15.3 Å². The highest BCUT2D eigenvalue weighted by molar-refractivity contribution is 7.90. The molecule has 0 bridgehead atoms. The number of amides is 1. The van der Waals surface area contributed by atoms with Gasteiger partial charge in [0, 0.05) is 24.7 Å². The van der Waals surface area contributed by atoms with Gasteiger partial charge in [0.1, 0.15) is 4.90 Å². The number of nitro benzene ring substituents is 1. The summed E-state index contributed by atoms with van der Waals surface area (Å²) in [6.45, 7) is 0. The standard InChI is InChI=1S/C19H22N4O5S/c1-29(27,28)17-7-6-14(11-16(17)23(25)26)15(10-13-4-2-3-5-13)19(24)22-18-12-20-8-9-21-18/h6-9,11-13,15H,2-5,10H2,1H3,(H,21,22,24). The Morgan fingerprint density at radius 3 is 2.62 bits per heavy atom. The summed E-state index contributed by atoms with van der Waals surface area (Å²) in [5.74, 6) is -0.386. The number of nitro groups is 1. The third kappa shape index (κ3) is 5.14. The Morgan fingerprint density at radius 1 is 1.31 bits per heavy atom. The average molecular weight is 418 g/mol. The van der Waals surface area contributed by atoms with Crippen molar-refractivity contribution in [3.05, 3.63) is 52.5 Å². The van der Waals surface area contributed by atoms with Gasteiger partial charge in [-0.2, -0.15) is 0 Å². The number of carbonyl (C=O) groups excluding carboxylic acids is 1. The van der Waals surface area contributed by atoms with E-state index in [4.69, 9.17) is 0 Å². The molecule has 1 fully saturated rings. The smallest absolute Gasteiger partial charge is 0.288 e. The molecule has 1 aromatic heterocycles. The van der Waals surface area contributed by atoms with Gasteiger partial charge in [0.25, 0.3) is 5.69 Å². The zero-order valence-corrected chi connectivity index (χ0v) is 16.8. The van der Waals surface area contributed by atoms with Crippen LogP contribution in [0.5, 0.6) is 0 Å². The SMILES string of the molecule is CS(=O)(=O)c1ccc(C(CC2CCCC2)C(=O)Nc2cnccn2)cc1[N+](=O)[O-]. The second-order valence-corrected chi connectivity index (χ2v) is 9.26. The summed E-state index contributed by atoms with van der Waals surface area (Å²) in [5.41, 5.74) is -0.105. The fraction of sp³-hybridized carbons (Fsp3) is 0.421. The zero-order chi connectivity index (χ0) is 21.0. The first kappa shape index (κ1) is 20.8. The fourth-order valence-electron chi connectivity index (χ4n) is 3.76. The zero-order valence-electron chi connectivity index (χ0n) is 15.9. The molecule has 154 valence electrons. The molecule has 0 aliphatic heterocycles. The normalized spacial score (nSPS) is 15.8. The van der Waals surface area contributed by atoms with Crippen molar-refractivity contribution in [3.8, 4) is 0 Å². The van der Waals surface area contributed by atoms with Crippen molar-refractivity contribution < 1.29 is 18.1 Å². The van der Waals surface area contributed by atoms with Gasteiger partial charge in [0.05, 0.1) is 17.0 Å². The lowest BCUT2D eigenvalue weighted by Gasteiger charge is -2.20. The Kier molecular flexibility index (Phi) is 6.21. The molecule has 1 unspecified atom stereocenters. The van der Waals surface area contributed by atoms with E-state index in [9.17, 15) is 23.3 Å². The number of hydrogen-bond donors (Lipinski definition) is 1. The van der Waals surface area contributed by atoms with Crippen molar-refractivity contribution in [1.29, 1.82) is 0 Å². The number of aromatic nitrogens is 2. The van der Waals surface area contributed by atoms with E-state index < -0.39 is 26.4 Å². The summed E-state index contributed by atoms with van der Waals surface area (Å²) < 4.78 is 23.8. The molecule has 9 nitrogen and oxygen atoms in total. The molecule has 1 N–H and O–H groups in total. The van der Waals surface area contributed by atoms with E-state index in [1.54, 1.807) is 0 Å². The van der Waals surface area contributed by atoms with Gasteiger partial charge < -0.3 is 5.32 Å². The molecule has 1 aliphatic carbocycles. The first-order chi connectivity index (χ1) is 13.8. The Balaban J connectivity index is 1.97. The maximum atomic E-state index is 13.0. The van der Waals surface area contributed by atoms with Crippen molar-refractivity contribution in [3.63, 3.8) is 0 Å². The van der Waals surface area contributed by atoms with Crippen LogP contribution < -0.4 is 5.32 Å². The highest BCUT2D eigenvalue weighted by atomic mass is 32.2. The van der Waals surface area contributed by atoms with Crippen molar-refractivity contribution in [1.82, 2.24) is 9.97 Å². The van der Waals surface area contributed by atoms with Gasteiger partial charge in [-0.15, -0.1) is 0 Å². The third-order valence-corrected chi connectivity index (χ3v) is 6.30. The average Bonchev–Trinajstić information content (AvgIpc) is 3.19. The van der Waals surface area contributed by atoms with Crippen LogP contribution in [0.2, 0.25) is 0 Å². The summed E-state index contributed by atoms with van der Waals surface area (Å²) in [6.07, 6.45) is 9.99. The van der Waals surface area contributed by atoms with Crippen LogP contribution in [0.3, 0.4) is 0 Å². The van der Waals surface area contributed by atoms with Gasteiger partial charge in [-0.25, -0.2) is 13.4 Å². The van der Waals surface area contributed by atoms with Gasteiger partial charge in [0.15, 0.2) is 15.7 Å². The molecular weight excluding hydrogens is 396 g/mol. The molecule has 0 spiro atoms. The van der Waals surface area contributed by atoms with Crippen LogP contribution in [0.4, 0.5) is 11.5 Å². The topological polar surface area (TPSA) is 132 Å². The lowest BCUT2D eigenvalue weighted by Crippen LogP contribution is -2.24. The van der Waals surface area contributed by atoms with Crippen molar-refractivity contribution >= 4 is 27.2 Å². The number of rotatable bonds is 7. The number of benzene rings is 1. The maximum absolute atomic E-state index is 13.0. The summed E-state index contributed by atoms with van der Waals surface area (Å²) in [6, 6.07) is 3.89. The molecule has 10 heteroatoms. The van der Waals surface area contributed by atoms with Gasteiger partial charge in [-0.3, -0.25) is 19.9 Å². The maximum Gasteiger partial charge on any atom is 0.288 e. The quantitative estimate of drug-likeness (QED) is 0.539. The number of hydrogen-bond acceptors (Lipinski definition) is 7. The molecule has 1 amide bonds. The molecule has 1 saturated carbocycles. The number of nitrogens with one attached hydrogen (secondary N) is 1. The Bertz CT molecular complexity index is 1000. The molecule has 3 rings (SSSR count). The minimum atomic E-state index is -3.77. The molecular formula is C19H22N4O5S. The molecule has 1 aliphatic rings. The number of sulfone groups is 1. The first-order valence-corrected chi connectivity index (χ1v) is 11.2. The Labute approximate surface area is 168 Å². The number of carbonyl (C=O) groups is 1. The summed E-state index contributed by atoms with van der Waals surface area (Å²) in [4.78, 5) is 31.3. The molecule has 1 heterocycles. The van der Waals surface area contributed by atoms with Crippen molar-refractivity contribution in [2.75, 3.05) is 11.6 Å². The number of anilines is 1. The Hall–Kier alpha value is -2.88. The molecule has 2 aromatic rings. The third-order valence-electron chi connectivity index (χ3n) is 5.16. The van der Waals surface area contributed by atoms with Gasteiger partial charge >= 0.3 is 0 Å². The largest absolute Gasteiger partial charge is 0.309 e. The molecule has 0 saturated heterocycles. The van der Waals surface area contributed by atoms with E-state index in [-0.39, 0.29) is 16.6 Å². The van der Waals surface area contributed by atoms with Crippen LogP contribution in [-0.4, -0.2) is 35.5 Å². The van der Waals surface area contributed by atoms with Crippen LogP contribution >= 0.6 is 0 Å². The van der Waals surface area contributed by atoms with Crippen molar-refractivity contribution in [2.45, 2.75) is 42.9 Å². The van der Waals surface area contributed by atoms with Crippen LogP contribution in [0.25, 0.3) is 0 Å². The summed E-state index contributed by atoms with van der Waals surface area (Å²) in [5, 5.41) is 14.2. The van der Waals surface area contributed by atoms with E-state index in [0.717, 1.165) is 31.9 Å². The van der Waals surface area contributed by atoms with E-state index in [0.29, 0.717) is 17.9 Å². The minimum absolute atomic E-state index is 0.288. The first-order valence-electron chi connectivity index (χ1n) is 9.31. The second-order valence-electron chi connectivity index (χ2n) is 7.28. The van der Waals surface area contributed by atoms with Crippen LogP contribution in [0.1, 0.15) is 43.6 Å². The highest BCUT2D eigenvalue weighted by Gasteiger charge is 2.30. The predicted octanol–water partition coefficient (Wildman–Crippen LogP) is 3.09. The molecule has 0 radical (unpaired) electrons. The number of nitrogens with zero attached hydrogens (tertiary/aromatic N) is 3. The molecule has 29 heavy (non-hydrogen) atoms. The molecule has 1 atom stereocenters. The van der Waals surface area contributed by atoms with Gasteiger partial charge in [0.2, 0.25) is 5.91 Å². The van der Waals surface area contributed by atoms with Crippen LogP contribution in [0.15, 0.2) is 41.7 Å². The van der Waals surface area contributed by atoms with E-state index in [1.165, 1.54) is 36.8 Å². The van der Waals surface area contributed by atoms with E-state index in [1.807, 2.05) is 0 Å². The fourth-order valence-corrected chi connectivity index (χ4v) is 4.59. The Morgan fingerprint density at radius 2 is 2.03 bits per heavy atom. The van der Waals surface area contributed by atoms with E-state index >= 15 is 0 Å². The monoisotopic (exact) mass is 418 g/mol. The predicted molar refractivity (Wildman–Crippen MR) is 106 cm³/mol. The van der Waals surface area contributed by atoms with Gasteiger partial charge in [-0.1, -0.05) is 31.7 Å². The summed E-state index contributed by atoms with van der Waals surface area (Å²) in [7, 11) is -3.77. The van der Waals surface area contributed by atoms with Crippen LogP contribution in [-0.2, 0) is 14.6 Å². The minimum Gasteiger partial charge on any atom is -0.309 e. The van der Waals surface area contributed by atoms with Crippen molar-refractivity contribution in [2.24, 2.45) is 5.92 Å². The van der Waals surface area contributed by atoms with Crippen LogP contribution in [0, 0.1) is 16.0 Å². The highest BCUT2D eigenvalue weighted by Crippen LogP contribution is 2.37. The lowest BCUT2D eigenvalue weighted by atomic mass is 9.87. The molecule has 1 aromatic carbocycles. The lowest BCUT2D eigenvalue weighted by molar-refractivity contribution is -0.387. The second kappa shape index (κ2) is 8.64. The summed E-state index contributed by atoms with van der Waals surface area (Å²) >= 11 is 0.